The lowest BCUT2D eigenvalue weighted by Crippen LogP contribution is -2.29. The smallest absolute Gasteiger partial charge is 0.325 e. The first-order valence-electron chi connectivity index (χ1n) is 10.2. The molecular formula is C22H19ClN4O5. The molecule has 1 fully saturated rings. The first-order valence-corrected chi connectivity index (χ1v) is 10.5. The molecule has 2 heterocycles. The highest BCUT2D eigenvalue weighted by Crippen LogP contribution is 2.33. The van der Waals surface area contributed by atoms with Gasteiger partial charge in [0.1, 0.15) is 12.3 Å². The zero-order valence-electron chi connectivity index (χ0n) is 16.9. The van der Waals surface area contributed by atoms with Crippen LogP contribution in [0, 0.1) is 5.92 Å². The number of ether oxygens (including phenoxy) is 1. The lowest BCUT2D eigenvalue weighted by Gasteiger charge is -2.10. The molecule has 9 nitrogen and oxygen atoms in total. The number of carbonyl (C=O) groups is 1. The van der Waals surface area contributed by atoms with Crippen molar-refractivity contribution in [3.63, 3.8) is 0 Å². The Morgan fingerprint density at radius 1 is 1.16 bits per heavy atom. The molecule has 32 heavy (non-hydrogen) atoms. The average Bonchev–Trinajstić information content (AvgIpc) is 3.55. The Balaban J connectivity index is 1.57. The summed E-state index contributed by atoms with van der Waals surface area (Å²) in [7, 11) is 0. The molecule has 1 saturated carbocycles. The molecule has 0 radical (unpaired) electrons. The van der Waals surface area contributed by atoms with Gasteiger partial charge in [-0.15, -0.1) is 0 Å². The number of fused-ring (bicyclic) bond motifs is 2. The molecule has 2 aromatic heterocycles. The normalized spacial score (nSPS) is 13.7. The fourth-order valence-corrected chi connectivity index (χ4v) is 3.90. The van der Waals surface area contributed by atoms with Gasteiger partial charge >= 0.3 is 5.97 Å². The van der Waals surface area contributed by atoms with Gasteiger partial charge in [0.05, 0.1) is 40.2 Å². The van der Waals surface area contributed by atoms with Gasteiger partial charge in [0, 0.05) is 11.5 Å². The molecule has 2 aromatic carbocycles. The highest BCUT2D eigenvalue weighted by atomic mass is 35.5. The monoisotopic (exact) mass is 454 g/mol. The number of benzene rings is 2. The minimum absolute atomic E-state index is 0.0177. The molecule has 0 spiro atoms. The van der Waals surface area contributed by atoms with E-state index in [0.29, 0.717) is 50.7 Å². The third-order valence-electron chi connectivity index (χ3n) is 5.51. The van der Waals surface area contributed by atoms with Gasteiger partial charge in [-0.3, -0.25) is 19.5 Å². The average molecular weight is 455 g/mol. The summed E-state index contributed by atoms with van der Waals surface area (Å²) in [4.78, 5) is 36.8. The summed E-state index contributed by atoms with van der Waals surface area (Å²) >= 11 is 6.32. The lowest BCUT2D eigenvalue weighted by molar-refractivity contribution is -0.138. The second-order valence-electron chi connectivity index (χ2n) is 7.93. The van der Waals surface area contributed by atoms with Crippen LogP contribution < -0.4 is 15.9 Å². The number of halogens is 1. The van der Waals surface area contributed by atoms with Crippen LogP contribution in [-0.4, -0.2) is 37.2 Å². The summed E-state index contributed by atoms with van der Waals surface area (Å²) in [5.74, 6) is -0.110. The van der Waals surface area contributed by atoms with E-state index in [4.69, 9.17) is 21.4 Å². The number of carboxylic acids is 1. The molecule has 0 amide bonds. The lowest BCUT2D eigenvalue weighted by atomic mass is 10.1. The Bertz CT molecular complexity index is 1480. The van der Waals surface area contributed by atoms with Crippen molar-refractivity contribution >= 4 is 39.2 Å². The van der Waals surface area contributed by atoms with Crippen molar-refractivity contribution in [2.75, 3.05) is 6.61 Å². The number of nitrogens with zero attached hydrogens (tertiary/aromatic N) is 3. The summed E-state index contributed by atoms with van der Waals surface area (Å²) in [6.07, 6.45) is 2.30. The SMILES string of the molecule is O=C(O)Cn1nc(Cn2[nH]c3cc(OCC4CC4)c(Cl)cc3c2=O)c2ccccc2c1=O. The van der Waals surface area contributed by atoms with Crippen LogP contribution in [0.3, 0.4) is 0 Å². The van der Waals surface area contributed by atoms with Gasteiger partial charge in [-0.2, -0.15) is 5.10 Å². The van der Waals surface area contributed by atoms with Crippen LogP contribution in [0.4, 0.5) is 0 Å². The van der Waals surface area contributed by atoms with Crippen LogP contribution in [-0.2, 0) is 17.9 Å². The van der Waals surface area contributed by atoms with Crippen molar-refractivity contribution in [2.45, 2.75) is 25.9 Å². The Labute approximate surface area is 185 Å². The van der Waals surface area contributed by atoms with E-state index in [1.807, 2.05) is 0 Å². The number of hydrogen-bond acceptors (Lipinski definition) is 5. The van der Waals surface area contributed by atoms with Gasteiger partial charge in [-0.1, -0.05) is 29.8 Å². The standard InChI is InChI=1S/C22H19ClN4O5/c23-16-7-15-17(8-19(16)32-11-12-5-6-12)24-26(22(15)31)9-18-13-3-1-2-4-14(13)21(30)27(25-18)10-20(28)29/h1-4,7-8,12,24H,5-6,9-11H2,(H,28,29). The molecule has 0 bridgehead atoms. The Kier molecular flexibility index (Phi) is 4.97. The molecule has 0 atom stereocenters. The Morgan fingerprint density at radius 2 is 1.91 bits per heavy atom. The molecule has 2 N–H and O–H groups in total. The molecule has 164 valence electrons. The van der Waals surface area contributed by atoms with Crippen LogP contribution in [0.5, 0.6) is 5.75 Å². The quantitative estimate of drug-likeness (QED) is 0.443. The van der Waals surface area contributed by atoms with E-state index in [-0.39, 0.29) is 12.1 Å². The first kappa shape index (κ1) is 20.3. The number of aliphatic carboxylic acids is 1. The van der Waals surface area contributed by atoms with Gasteiger partial charge in [0.2, 0.25) is 0 Å². The molecule has 1 aliphatic carbocycles. The summed E-state index contributed by atoms with van der Waals surface area (Å²) in [5.41, 5.74) is 0.150. The van der Waals surface area contributed by atoms with Crippen molar-refractivity contribution in [1.82, 2.24) is 19.6 Å². The van der Waals surface area contributed by atoms with Crippen molar-refractivity contribution in [2.24, 2.45) is 5.92 Å². The van der Waals surface area contributed by atoms with E-state index in [2.05, 4.69) is 10.2 Å². The molecule has 0 saturated heterocycles. The molecule has 0 unspecified atom stereocenters. The van der Waals surface area contributed by atoms with E-state index < -0.39 is 18.1 Å². The van der Waals surface area contributed by atoms with Crippen molar-refractivity contribution in [3.05, 3.63) is 67.8 Å². The number of carboxylic acid groups (broad SMARTS) is 1. The van der Waals surface area contributed by atoms with Crippen LogP contribution in [0.1, 0.15) is 18.5 Å². The third-order valence-corrected chi connectivity index (χ3v) is 5.81. The van der Waals surface area contributed by atoms with Crippen molar-refractivity contribution in [1.29, 1.82) is 0 Å². The predicted molar refractivity (Wildman–Crippen MR) is 119 cm³/mol. The van der Waals surface area contributed by atoms with Gasteiger partial charge in [0.25, 0.3) is 11.1 Å². The molecule has 10 heteroatoms. The highest BCUT2D eigenvalue weighted by Gasteiger charge is 2.23. The van der Waals surface area contributed by atoms with Crippen molar-refractivity contribution < 1.29 is 14.6 Å². The zero-order chi connectivity index (χ0) is 22.4. The third kappa shape index (κ3) is 3.75. The first-order chi connectivity index (χ1) is 15.4. The Morgan fingerprint density at radius 3 is 2.62 bits per heavy atom. The number of aromatic nitrogens is 4. The molecule has 5 rings (SSSR count). The van der Waals surface area contributed by atoms with E-state index in [9.17, 15) is 14.4 Å². The maximum Gasteiger partial charge on any atom is 0.325 e. The summed E-state index contributed by atoms with van der Waals surface area (Å²) < 4.78 is 8.04. The highest BCUT2D eigenvalue weighted by molar-refractivity contribution is 6.32. The van der Waals surface area contributed by atoms with E-state index >= 15 is 0 Å². The van der Waals surface area contributed by atoms with E-state index in [0.717, 1.165) is 17.5 Å². The Hall–Kier alpha value is -3.59. The summed E-state index contributed by atoms with van der Waals surface area (Å²) in [6, 6.07) is 10.1. The second kappa shape index (κ2) is 7.83. The van der Waals surface area contributed by atoms with Crippen LogP contribution in [0.15, 0.2) is 46.0 Å². The number of rotatable bonds is 7. The maximum atomic E-state index is 13.0. The van der Waals surface area contributed by atoms with Crippen LogP contribution >= 0.6 is 11.6 Å². The summed E-state index contributed by atoms with van der Waals surface area (Å²) in [6.45, 7) is 0.0383. The second-order valence-corrected chi connectivity index (χ2v) is 8.34. The minimum Gasteiger partial charge on any atom is -0.492 e. The number of H-pyrrole nitrogens is 1. The fraction of sp³-hybridized carbons (Fsp3) is 0.273. The number of hydrogen-bond donors (Lipinski definition) is 2. The fourth-order valence-electron chi connectivity index (χ4n) is 3.69. The van der Waals surface area contributed by atoms with Gasteiger partial charge in [-0.25, -0.2) is 9.36 Å². The number of nitrogens with one attached hydrogen (secondary N) is 1. The summed E-state index contributed by atoms with van der Waals surface area (Å²) in [5, 5.41) is 18.1. The molecule has 4 aromatic rings. The molecule has 0 aliphatic heterocycles. The zero-order valence-corrected chi connectivity index (χ0v) is 17.6. The number of aromatic amines is 1. The van der Waals surface area contributed by atoms with Gasteiger partial charge < -0.3 is 9.84 Å². The molecule has 1 aliphatic rings. The van der Waals surface area contributed by atoms with Crippen molar-refractivity contribution in [3.8, 4) is 5.75 Å². The largest absolute Gasteiger partial charge is 0.492 e. The minimum atomic E-state index is -1.18. The van der Waals surface area contributed by atoms with E-state index in [1.165, 1.54) is 4.68 Å². The predicted octanol–water partition coefficient (Wildman–Crippen LogP) is 2.61. The molecular weight excluding hydrogens is 436 g/mol. The van der Waals surface area contributed by atoms with Crippen LogP contribution in [0.2, 0.25) is 5.02 Å². The van der Waals surface area contributed by atoms with E-state index in [1.54, 1.807) is 36.4 Å². The van der Waals surface area contributed by atoms with Crippen LogP contribution in [0.25, 0.3) is 21.7 Å². The van der Waals surface area contributed by atoms with Gasteiger partial charge in [-0.05, 0) is 30.9 Å². The maximum absolute atomic E-state index is 13.0. The topological polar surface area (TPSA) is 119 Å². The van der Waals surface area contributed by atoms with Gasteiger partial charge in [0.15, 0.2) is 0 Å².